The van der Waals surface area contributed by atoms with Crippen LogP contribution in [-0.2, 0) is 9.53 Å². The Hall–Kier alpha value is -0.240. The summed E-state index contributed by atoms with van der Waals surface area (Å²) in [5.41, 5.74) is 0. The van der Waals surface area contributed by atoms with E-state index in [0.29, 0.717) is 6.61 Å². The van der Waals surface area contributed by atoms with Crippen molar-refractivity contribution >= 4 is 17.6 Å². The second-order valence-electron chi connectivity index (χ2n) is 2.20. The van der Waals surface area contributed by atoms with Gasteiger partial charge in [-0.2, -0.15) is 0 Å². The van der Waals surface area contributed by atoms with Crippen molar-refractivity contribution in [1.82, 2.24) is 0 Å². The van der Waals surface area contributed by atoms with Crippen molar-refractivity contribution in [2.24, 2.45) is 5.92 Å². The number of ether oxygens (including phenoxy) is 1. The summed E-state index contributed by atoms with van der Waals surface area (Å²) in [6, 6.07) is 0. The predicted molar refractivity (Wildman–Crippen MR) is 34.4 cm³/mol. The standard InChI is InChI=1S/C6H9ClO2/c1-2-4-3-9-6(8)5(4)7/h4-5H,2-3H2,1H3. The van der Waals surface area contributed by atoms with Gasteiger partial charge in [0.2, 0.25) is 0 Å². The lowest BCUT2D eigenvalue weighted by molar-refractivity contribution is -0.137. The van der Waals surface area contributed by atoms with Crippen LogP contribution in [0, 0.1) is 5.92 Å². The molecule has 0 amide bonds. The van der Waals surface area contributed by atoms with Crippen LogP contribution in [0.5, 0.6) is 0 Å². The first-order valence-electron chi connectivity index (χ1n) is 3.06. The molecule has 0 aliphatic carbocycles. The number of carbonyl (C=O) groups is 1. The van der Waals surface area contributed by atoms with Gasteiger partial charge < -0.3 is 4.74 Å². The van der Waals surface area contributed by atoms with Gasteiger partial charge >= 0.3 is 5.97 Å². The molecule has 0 aromatic carbocycles. The van der Waals surface area contributed by atoms with Gasteiger partial charge in [-0.15, -0.1) is 11.6 Å². The summed E-state index contributed by atoms with van der Waals surface area (Å²) >= 11 is 5.65. The molecule has 9 heavy (non-hydrogen) atoms. The molecule has 52 valence electrons. The van der Waals surface area contributed by atoms with E-state index in [9.17, 15) is 4.79 Å². The third-order valence-electron chi connectivity index (χ3n) is 1.60. The van der Waals surface area contributed by atoms with Gasteiger partial charge in [-0.1, -0.05) is 6.92 Å². The van der Waals surface area contributed by atoms with Crippen molar-refractivity contribution in [2.45, 2.75) is 18.7 Å². The number of hydrogen-bond acceptors (Lipinski definition) is 2. The summed E-state index contributed by atoms with van der Waals surface area (Å²) in [4.78, 5) is 10.6. The van der Waals surface area contributed by atoms with E-state index < -0.39 is 5.38 Å². The zero-order valence-corrected chi connectivity index (χ0v) is 6.02. The zero-order chi connectivity index (χ0) is 6.85. The number of rotatable bonds is 1. The van der Waals surface area contributed by atoms with Crippen LogP contribution < -0.4 is 0 Å². The first-order chi connectivity index (χ1) is 4.25. The van der Waals surface area contributed by atoms with Gasteiger partial charge in [-0.05, 0) is 6.42 Å². The Morgan fingerprint density at radius 3 is 2.78 bits per heavy atom. The highest BCUT2D eigenvalue weighted by molar-refractivity contribution is 6.30. The van der Waals surface area contributed by atoms with Crippen LogP contribution in [0.15, 0.2) is 0 Å². The monoisotopic (exact) mass is 148 g/mol. The van der Waals surface area contributed by atoms with Crippen LogP contribution in [-0.4, -0.2) is 18.0 Å². The molecule has 0 saturated carbocycles. The number of carbonyl (C=O) groups excluding carboxylic acids is 1. The Labute approximate surface area is 59.1 Å². The molecule has 1 saturated heterocycles. The van der Waals surface area contributed by atoms with Crippen LogP contribution in [0.1, 0.15) is 13.3 Å². The normalized spacial score (nSPS) is 34.7. The van der Waals surface area contributed by atoms with Crippen molar-refractivity contribution in [3.05, 3.63) is 0 Å². The maximum absolute atomic E-state index is 10.6. The topological polar surface area (TPSA) is 26.3 Å². The molecule has 1 fully saturated rings. The third-order valence-corrected chi connectivity index (χ3v) is 2.14. The lowest BCUT2D eigenvalue weighted by atomic mass is 10.1. The third kappa shape index (κ3) is 1.18. The van der Waals surface area contributed by atoms with E-state index in [4.69, 9.17) is 16.3 Å². The first-order valence-corrected chi connectivity index (χ1v) is 3.50. The quantitative estimate of drug-likeness (QED) is 0.412. The van der Waals surface area contributed by atoms with Gasteiger partial charge in [0.05, 0.1) is 6.61 Å². The average Bonchev–Trinajstić information content (AvgIpc) is 2.15. The maximum atomic E-state index is 10.6. The van der Waals surface area contributed by atoms with E-state index in [1.54, 1.807) is 0 Å². The van der Waals surface area contributed by atoms with Gasteiger partial charge in [0, 0.05) is 5.92 Å². The molecular formula is C6H9ClO2. The molecule has 2 unspecified atom stereocenters. The fourth-order valence-electron chi connectivity index (χ4n) is 0.871. The van der Waals surface area contributed by atoms with Crippen LogP contribution in [0.4, 0.5) is 0 Å². The Balaban J connectivity index is 2.51. The van der Waals surface area contributed by atoms with Crippen molar-refractivity contribution < 1.29 is 9.53 Å². The van der Waals surface area contributed by atoms with Crippen LogP contribution >= 0.6 is 11.6 Å². The zero-order valence-electron chi connectivity index (χ0n) is 5.26. The largest absolute Gasteiger partial charge is 0.464 e. The molecule has 0 spiro atoms. The van der Waals surface area contributed by atoms with Gasteiger partial charge in [0.15, 0.2) is 0 Å². The summed E-state index contributed by atoms with van der Waals surface area (Å²) in [6.45, 7) is 2.51. The summed E-state index contributed by atoms with van der Waals surface area (Å²) in [5, 5.41) is -0.394. The van der Waals surface area contributed by atoms with Crippen LogP contribution in [0.3, 0.4) is 0 Å². The predicted octanol–water partition coefficient (Wildman–Crippen LogP) is 1.18. The molecule has 0 aromatic heterocycles. The Morgan fingerprint density at radius 2 is 2.56 bits per heavy atom. The maximum Gasteiger partial charge on any atom is 0.324 e. The van der Waals surface area contributed by atoms with E-state index in [1.165, 1.54) is 0 Å². The summed E-state index contributed by atoms with van der Waals surface area (Å²) in [5.74, 6) is -0.0253. The lowest BCUT2D eigenvalue weighted by Gasteiger charge is -2.02. The molecule has 0 radical (unpaired) electrons. The molecule has 1 heterocycles. The molecule has 2 nitrogen and oxygen atoms in total. The minimum Gasteiger partial charge on any atom is -0.464 e. The summed E-state index contributed by atoms with van der Waals surface area (Å²) in [6.07, 6.45) is 0.917. The van der Waals surface area contributed by atoms with Crippen LogP contribution in [0.25, 0.3) is 0 Å². The van der Waals surface area contributed by atoms with Crippen molar-refractivity contribution in [2.75, 3.05) is 6.61 Å². The van der Waals surface area contributed by atoms with Crippen molar-refractivity contribution in [1.29, 1.82) is 0 Å². The number of cyclic esters (lactones) is 1. The number of esters is 1. The highest BCUT2D eigenvalue weighted by atomic mass is 35.5. The molecule has 3 heteroatoms. The van der Waals surface area contributed by atoms with E-state index in [2.05, 4.69) is 0 Å². The molecular weight excluding hydrogens is 140 g/mol. The molecule has 0 aromatic rings. The molecule has 0 N–H and O–H groups in total. The van der Waals surface area contributed by atoms with E-state index in [0.717, 1.165) is 6.42 Å². The second-order valence-corrected chi connectivity index (χ2v) is 2.67. The van der Waals surface area contributed by atoms with Gasteiger partial charge in [-0.25, -0.2) is 0 Å². The van der Waals surface area contributed by atoms with E-state index >= 15 is 0 Å². The molecule has 1 aliphatic heterocycles. The first kappa shape index (κ1) is 6.87. The van der Waals surface area contributed by atoms with Crippen molar-refractivity contribution in [3.8, 4) is 0 Å². The van der Waals surface area contributed by atoms with E-state index in [-0.39, 0.29) is 11.9 Å². The number of hydrogen-bond donors (Lipinski definition) is 0. The van der Waals surface area contributed by atoms with Gasteiger partial charge in [-0.3, -0.25) is 4.79 Å². The Bertz CT molecular complexity index is 124. The Kier molecular flexibility index (Phi) is 1.96. The minimum absolute atomic E-state index is 0.235. The second kappa shape index (κ2) is 2.56. The summed E-state index contributed by atoms with van der Waals surface area (Å²) < 4.78 is 4.70. The molecule has 1 rings (SSSR count). The van der Waals surface area contributed by atoms with Gasteiger partial charge in [0.1, 0.15) is 5.38 Å². The highest BCUT2D eigenvalue weighted by Gasteiger charge is 2.33. The smallest absolute Gasteiger partial charge is 0.324 e. The lowest BCUT2D eigenvalue weighted by Crippen LogP contribution is -2.14. The SMILES string of the molecule is CCC1COC(=O)C1Cl. The van der Waals surface area contributed by atoms with Crippen molar-refractivity contribution in [3.63, 3.8) is 0 Å². The minimum atomic E-state index is -0.394. The highest BCUT2D eigenvalue weighted by Crippen LogP contribution is 2.22. The Morgan fingerprint density at radius 1 is 1.89 bits per heavy atom. The number of halogens is 1. The van der Waals surface area contributed by atoms with E-state index in [1.807, 2.05) is 6.92 Å². The van der Waals surface area contributed by atoms with Crippen LogP contribution in [0.2, 0.25) is 0 Å². The van der Waals surface area contributed by atoms with Gasteiger partial charge in [0.25, 0.3) is 0 Å². The number of alkyl halides is 1. The molecule has 0 bridgehead atoms. The molecule has 1 aliphatic rings. The fraction of sp³-hybridized carbons (Fsp3) is 0.833. The molecule has 2 atom stereocenters. The average molecular weight is 149 g/mol. The fourth-order valence-corrected chi connectivity index (χ4v) is 1.18. The summed E-state index contributed by atoms with van der Waals surface area (Å²) in [7, 11) is 0.